The van der Waals surface area contributed by atoms with Crippen LogP contribution in [0.2, 0.25) is 5.02 Å². The Balaban J connectivity index is 2.00. The number of amides is 1. The number of aryl methyl sites for hydroxylation is 1. The summed E-state index contributed by atoms with van der Waals surface area (Å²) in [6.07, 6.45) is 1.35. The number of aromatic amines is 2. The lowest BCUT2D eigenvalue weighted by Gasteiger charge is -2.16. The van der Waals surface area contributed by atoms with Crippen LogP contribution in [0.5, 0.6) is 11.5 Å². The summed E-state index contributed by atoms with van der Waals surface area (Å²) in [4.78, 5) is 36.4. The Morgan fingerprint density at radius 2 is 2.14 bits per heavy atom. The predicted molar refractivity (Wildman–Crippen MR) is 108 cm³/mol. The molecule has 1 aromatic carbocycles. The Hall–Kier alpha value is -3.14. The van der Waals surface area contributed by atoms with Crippen molar-refractivity contribution in [3.8, 4) is 11.5 Å². The molecule has 0 spiro atoms. The molecule has 0 saturated heterocycles. The van der Waals surface area contributed by atoms with Crippen molar-refractivity contribution in [2.45, 2.75) is 39.7 Å². The van der Waals surface area contributed by atoms with Crippen molar-refractivity contribution in [1.82, 2.24) is 20.6 Å². The molecule has 0 aliphatic heterocycles. The molecule has 0 fully saturated rings. The van der Waals surface area contributed by atoms with Gasteiger partial charge in [0.15, 0.2) is 11.5 Å². The Morgan fingerprint density at radius 1 is 1.38 bits per heavy atom. The van der Waals surface area contributed by atoms with E-state index in [-0.39, 0.29) is 24.6 Å². The van der Waals surface area contributed by atoms with Crippen LogP contribution in [0.15, 0.2) is 26.8 Å². The van der Waals surface area contributed by atoms with Crippen LogP contribution in [-0.2, 0) is 11.2 Å². The minimum Gasteiger partial charge on any atom is -0.490 e. The summed E-state index contributed by atoms with van der Waals surface area (Å²) in [7, 11) is 0. The lowest BCUT2D eigenvalue weighted by Crippen LogP contribution is -2.28. The molecular formula is C18H22ClN5O5. The van der Waals surface area contributed by atoms with E-state index in [4.69, 9.17) is 21.1 Å². The molecule has 10 nitrogen and oxygen atoms in total. The number of rotatable bonds is 9. The number of nitrogens with one attached hydrogen (secondary N) is 3. The number of hydrazone groups is 1. The molecule has 29 heavy (non-hydrogen) atoms. The molecule has 2 rings (SSSR count). The van der Waals surface area contributed by atoms with Gasteiger partial charge in [-0.05, 0) is 38.5 Å². The van der Waals surface area contributed by atoms with Crippen molar-refractivity contribution in [3.63, 3.8) is 0 Å². The smallest absolute Gasteiger partial charge is 0.342 e. The number of hydrogen-bond acceptors (Lipinski definition) is 7. The SMILES string of the molecule is CCOc1cc(/C=N/NC(=O)CCc2n[nH]c(=O)[nH]c2=O)cc(Cl)c1OC(C)C. The summed E-state index contributed by atoms with van der Waals surface area (Å²) >= 11 is 6.28. The number of ether oxygens (including phenoxy) is 2. The van der Waals surface area contributed by atoms with E-state index in [1.165, 1.54) is 6.21 Å². The summed E-state index contributed by atoms with van der Waals surface area (Å²) in [5.74, 6) is 0.498. The molecule has 0 aliphatic carbocycles. The van der Waals surface area contributed by atoms with Gasteiger partial charge >= 0.3 is 5.69 Å². The maximum atomic E-state index is 11.9. The van der Waals surface area contributed by atoms with Crippen LogP contribution in [0.3, 0.4) is 0 Å². The van der Waals surface area contributed by atoms with Crippen LogP contribution in [0, 0.1) is 0 Å². The van der Waals surface area contributed by atoms with E-state index in [9.17, 15) is 14.4 Å². The van der Waals surface area contributed by atoms with Gasteiger partial charge in [0.1, 0.15) is 5.69 Å². The summed E-state index contributed by atoms with van der Waals surface area (Å²) in [5, 5.41) is 9.95. The Morgan fingerprint density at radius 3 is 2.79 bits per heavy atom. The van der Waals surface area contributed by atoms with Crippen LogP contribution in [-0.4, -0.2) is 40.0 Å². The fourth-order valence-corrected chi connectivity index (χ4v) is 2.55. The van der Waals surface area contributed by atoms with Crippen LogP contribution >= 0.6 is 11.6 Å². The number of aromatic nitrogens is 3. The molecule has 0 aliphatic rings. The minimum absolute atomic E-state index is 0.0361. The molecule has 156 valence electrons. The van der Waals surface area contributed by atoms with Crippen molar-refractivity contribution in [2.24, 2.45) is 5.10 Å². The summed E-state index contributed by atoms with van der Waals surface area (Å²) < 4.78 is 11.3. The number of nitrogens with zero attached hydrogens (tertiary/aromatic N) is 2. The zero-order chi connectivity index (χ0) is 21.4. The largest absolute Gasteiger partial charge is 0.490 e. The maximum Gasteiger partial charge on any atom is 0.342 e. The van der Waals surface area contributed by atoms with Gasteiger partial charge < -0.3 is 9.47 Å². The van der Waals surface area contributed by atoms with Gasteiger partial charge in [0.2, 0.25) is 5.91 Å². The van der Waals surface area contributed by atoms with Gasteiger partial charge in [-0.1, -0.05) is 11.6 Å². The molecule has 0 saturated carbocycles. The second kappa shape index (κ2) is 10.4. The zero-order valence-corrected chi connectivity index (χ0v) is 17.0. The lowest BCUT2D eigenvalue weighted by molar-refractivity contribution is -0.121. The lowest BCUT2D eigenvalue weighted by atomic mass is 10.2. The number of H-pyrrole nitrogens is 2. The van der Waals surface area contributed by atoms with Gasteiger partial charge in [0.25, 0.3) is 5.56 Å². The van der Waals surface area contributed by atoms with E-state index in [1.807, 2.05) is 25.8 Å². The first-order valence-electron chi connectivity index (χ1n) is 8.93. The third kappa shape index (κ3) is 6.75. The summed E-state index contributed by atoms with van der Waals surface area (Å²) in [6, 6.07) is 3.34. The molecule has 1 amide bonds. The molecule has 0 unspecified atom stereocenters. The van der Waals surface area contributed by atoms with Crippen molar-refractivity contribution in [1.29, 1.82) is 0 Å². The van der Waals surface area contributed by atoms with Crippen molar-refractivity contribution >= 4 is 23.7 Å². The highest BCUT2D eigenvalue weighted by Crippen LogP contribution is 2.37. The first-order valence-corrected chi connectivity index (χ1v) is 9.30. The monoisotopic (exact) mass is 423 g/mol. The number of carbonyl (C=O) groups is 1. The molecule has 0 radical (unpaired) electrons. The minimum atomic E-state index is -0.706. The Kier molecular flexibility index (Phi) is 7.96. The normalized spacial score (nSPS) is 11.1. The van der Waals surface area contributed by atoms with E-state index in [0.717, 1.165) is 0 Å². The molecular weight excluding hydrogens is 402 g/mol. The number of halogens is 1. The molecule has 11 heteroatoms. The molecule has 3 N–H and O–H groups in total. The highest BCUT2D eigenvalue weighted by molar-refractivity contribution is 6.32. The quantitative estimate of drug-likeness (QED) is 0.411. The molecule has 1 aromatic heterocycles. The standard InChI is InChI=1S/C18H22ClN5O5/c1-4-28-14-8-11(7-12(19)16(14)29-10(2)3)9-20-23-15(25)6-5-13-17(26)21-18(27)24-22-13/h7-10H,4-6H2,1-3H3,(H,23,25)(H2,21,24,26,27)/b20-9+. The highest BCUT2D eigenvalue weighted by Gasteiger charge is 2.13. The molecule has 2 aromatic rings. The Bertz CT molecular complexity index is 999. The number of benzene rings is 1. The van der Waals surface area contributed by atoms with E-state index in [0.29, 0.717) is 28.7 Å². The average molecular weight is 424 g/mol. The van der Waals surface area contributed by atoms with Gasteiger partial charge in [0, 0.05) is 12.8 Å². The first-order chi connectivity index (χ1) is 13.8. The van der Waals surface area contributed by atoms with Crippen LogP contribution in [0.25, 0.3) is 0 Å². The number of hydrogen-bond donors (Lipinski definition) is 3. The van der Waals surface area contributed by atoms with Crippen molar-refractivity contribution in [2.75, 3.05) is 6.61 Å². The van der Waals surface area contributed by atoms with Gasteiger partial charge in [-0.25, -0.2) is 15.3 Å². The zero-order valence-electron chi connectivity index (χ0n) is 16.2. The fraction of sp³-hybridized carbons (Fsp3) is 0.389. The van der Waals surface area contributed by atoms with E-state index in [2.05, 4.69) is 20.7 Å². The topological polar surface area (TPSA) is 139 Å². The van der Waals surface area contributed by atoms with Crippen LogP contribution in [0.1, 0.15) is 38.4 Å². The molecule has 0 bridgehead atoms. The Labute approximate surface area is 171 Å². The van der Waals surface area contributed by atoms with E-state index < -0.39 is 17.2 Å². The maximum absolute atomic E-state index is 11.9. The highest BCUT2D eigenvalue weighted by atomic mass is 35.5. The predicted octanol–water partition coefficient (Wildman–Crippen LogP) is 1.38. The second-order valence-corrected chi connectivity index (χ2v) is 6.58. The van der Waals surface area contributed by atoms with Crippen molar-refractivity contribution in [3.05, 3.63) is 49.3 Å². The third-order valence-corrected chi connectivity index (χ3v) is 3.74. The first kappa shape index (κ1) is 22.2. The summed E-state index contributed by atoms with van der Waals surface area (Å²) in [6.45, 7) is 6.04. The molecule has 0 atom stereocenters. The van der Waals surface area contributed by atoms with Gasteiger partial charge in [-0.15, -0.1) is 0 Å². The second-order valence-electron chi connectivity index (χ2n) is 6.18. The van der Waals surface area contributed by atoms with Gasteiger partial charge in [-0.2, -0.15) is 10.2 Å². The van der Waals surface area contributed by atoms with Crippen LogP contribution in [0.4, 0.5) is 0 Å². The van der Waals surface area contributed by atoms with E-state index in [1.54, 1.807) is 12.1 Å². The average Bonchev–Trinajstić information content (AvgIpc) is 2.64. The van der Waals surface area contributed by atoms with Gasteiger partial charge in [0.05, 0.1) is 23.9 Å². The van der Waals surface area contributed by atoms with Gasteiger partial charge in [-0.3, -0.25) is 14.6 Å². The van der Waals surface area contributed by atoms with Crippen LogP contribution < -0.4 is 26.1 Å². The fourth-order valence-electron chi connectivity index (χ4n) is 2.28. The molecule has 1 heterocycles. The van der Waals surface area contributed by atoms with Crippen molar-refractivity contribution < 1.29 is 14.3 Å². The summed E-state index contributed by atoms with van der Waals surface area (Å²) in [5.41, 5.74) is 1.67. The van der Waals surface area contributed by atoms with E-state index >= 15 is 0 Å². The third-order valence-electron chi connectivity index (χ3n) is 3.46. The number of carbonyl (C=O) groups excluding carboxylic acids is 1.